The Morgan fingerprint density at radius 1 is 1.31 bits per heavy atom. The van der Waals surface area contributed by atoms with E-state index in [0.717, 1.165) is 42.8 Å². The molecule has 8 heteroatoms. The number of guanidine groups is 1. The standard InChI is InChI=1S/C18H26BrN3O2S.HI/c1-2-20-17(21-11-14-7-10-25(23,24)12-14)22-13-18(8-9-18)15-5-3-4-6-16(15)19;/h3-6,14H,2,7-13H2,1H3,(H2,20,21,22);1H. The highest BCUT2D eigenvalue weighted by Gasteiger charge is 2.45. The van der Waals surface area contributed by atoms with Gasteiger partial charge in [-0.2, -0.15) is 0 Å². The molecule has 1 saturated heterocycles. The smallest absolute Gasteiger partial charge is 0.191 e. The quantitative estimate of drug-likeness (QED) is 0.321. The largest absolute Gasteiger partial charge is 0.357 e. The van der Waals surface area contributed by atoms with Crippen molar-refractivity contribution >= 4 is 55.7 Å². The number of halogens is 2. The predicted octanol–water partition coefficient (Wildman–Crippen LogP) is 3.09. The van der Waals surface area contributed by atoms with Gasteiger partial charge in [0.25, 0.3) is 0 Å². The maximum Gasteiger partial charge on any atom is 0.191 e. The first-order valence-corrected chi connectivity index (χ1v) is 11.5. The Morgan fingerprint density at radius 2 is 2.04 bits per heavy atom. The Balaban J connectivity index is 0.00000243. The summed E-state index contributed by atoms with van der Waals surface area (Å²) >= 11 is 3.66. The molecule has 26 heavy (non-hydrogen) atoms. The van der Waals surface area contributed by atoms with Gasteiger partial charge in [0.15, 0.2) is 15.8 Å². The summed E-state index contributed by atoms with van der Waals surface area (Å²) in [7, 11) is -2.83. The molecule has 1 aromatic carbocycles. The monoisotopic (exact) mass is 555 g/mol. The van der Waals surface area contributed by atoms with Crippen LogP contribution in [0.1, 0.15) is 31.7 Å². The first kappa shape index (κ1) is 21.9. The third-order valence-electron chi connectivity index (χ3n) is 5.07. The van der Waals surface area contributed by atoms with E-state index in [0.29, 0.717) is 18.1 Å². The van der Waals surface area contributed by atoms with Crippen molar-refractivity contribution in [2.24, 2.45) is 10.9 Å². The molecule has 2 fully saturated rings. The third-order valence-corrected chi connectivity index (χ3v) is 7.60. The molecule has 0 aromatic heterocycles. The molecule has 0 spiro atoms. The molecule has 146 valence electrons. The number of aliphatic imine (C=N–C) groups is 1. The van der Waals surface area contributed by atoms with Crippen LogP contribution >= 0.6 is 39.9 Å². The molecule has 1 aliphatic heterocycles. The van der Waals surface area contributed by atoms with E-state index >= 15 is 0 Å². The fraction of sp³-hybridized carbons (Fsp3) is 0.611. The van der Waals surface area contributed by atoms with Gasteiger partial charge in [-0.25, -0.2) is 8.42 Å². The lowest BCUT2D eigenvalue weighted by Gasteiger charge is -2.18. The normalized spacial score (nSPS) is 23.2. The fourth-order valence-electron chi connectivity index (χ4n) is 3.40. The predicted molar refractivity (Wildman–Crippen MR) is 121 cm³/mol. The van der Waals surface area contributed by atoms with E-state index in [1.54, 1.807) is 0 Å². The SMILES string of the molecule is CCNC(=NCC1(c2ccccc2Br)CC1)NCC1CCS(=O)(=O)C1.I. The van der Waals surface area contributed by atoms with Crippen LogP contribution in [0.3, 0.4) is 0 Å². The molecule has 1 aromatic rings. The lowest BCUT2D eigenvalue weighted by atomic mass is 9.96. The van der Waals surface area contributed by atoms with E-state index in [4.69, 9.17) is 4.99 Å². The van der Waals surface area contributed by atoms with Gasteiger partial charge in [0.1, 0.15) is 0 Å². The zero-order valence-corrected chi connectivity index (χ0v) is 19.7. The van der Waals surface area contributed by atoms with Gasteiger partial charge in [0.05, 0.1) is 18.1 Å². The lowest BCUT2D eigenvalue weighted by molar-refractivity contribution is 0.566. The summed E-state index contributed by atoms with van der Waals surface area (Å²) in [4.78, 5) is 4.79. The van der Waals surface area contributed by atoms with Crippen LogP contribution in [0.2, 0.25) is 0 Å². The van der Waals surface area contributed by atoms with Crippen molar-refractivity contribution in [3.8, 4) is 0 Å². The van der Waals surface area contributed by atoms with Crippen molar-refractivity contribution in [2.45, 2.75) is 31.6 Å². The number of rotatable bonds is 6. The zero-order chi connectivity index (χ0) is 17.9. The number of benzene rings is 1. The van der Waals surface area contributed by atoms with Crippen LogP contribution in [0.4, 0.5) is 0 Å². The molecule has 2 aliphatic rings. The highest BCUT2D eigenvalue weighted by atomic mass is 127. The maximum absolute atomic E-state index is 11.6. The van der Waals surface area contributed by atoms with Gasteiger partial charge in [-0.15, -0.1) is 24.0 Å². The van der Waals surface area contributed by atoms with E-state index in [9.17, 15) is 8.42 Å². The van der Waals surface area contributed by atoms with E-state index in [1.807, 2.05) is 13.0 Å². The molecule has 0 radical (unpaired) electrons. The van der Waals surface area contributed by atoms with Crippen LogP contribution in [0.15, 0.2) is 33.7 Å². The molecular weight excluding hydrogens is 529 g/mol. The molecule has 3 rings (SSSR count). The summed E-state index contributed by atoms with van der Waals surface area (Å²) in [5, 5.41) is 6.60. The summed E-state index contributed by atoms with van der Waals surface area (Å²) in [6.45, 7) is 4.23. The number of sulfone groups is 1. The van der Waals surface area contributed by atoms with Crippen LogP contribution < -0.4 is 10.6 Å². The molecule has 1 heterocycles. The molecule has 5 nitrogen and oxygen atoms in total. The van der Waals surface area contributed by atoms with Crippen molar-refractivity contribution in [3.05, 3.63) is 34.3 Å². The van der Waals surface area contributed by atoms with E-state index < -0.39 is 9.84 Å². The van der Waals surface area contributed by atoms with Gasteiger partial charge in [0.2, 0.25) is 0 Å². The second-order valence-electron chi connectivity index (χ2n) is 7.11. The Labute approximate surface area is 181 Å². The van der Waals surface area contributed by atoms with E-state index in [2.05, 4.69) is 44.8 Å². The van der Waals surface area contributed by atoms with Gasteiger partial charge in [-0.05, 0) is 43.7 Å². The number of hydrogen-bond acceptors (Lipinski definition) is 3. The molecule has 1 unspecified atom stereocenters. The Kier molecular flexibility index (Phi) is 7.79. The first-order chi connectivity index (χ1) is 11.9. The minimum Gasteiger partial charge on any atom is -0.357 e. The van der Waals surface area contributed by atoms with Crippen LogP contribution in [-0.2, 0) is 15.3 Å². The summed E-state index contributed by atoms with van der Waals surface area (Å²) in [6, 6.07) is 8.38. The number of hydrogen-bond donors (Lipinski definition) is 2. The summed E-state index contributed by atoms with van der Waals surface area (Å²) in [5.41, 5.74) is 1.47. The molecule has 2 N–H and O–H groups in total. The second-order valence-corrected chi connectivity index (χ2v) is 10.2. The highest BCUT2D eigenvalue weighted by molar-refractivity contribution is 14.0. The zero-order valence-electron chi connectivity index (χ0n) is 15.0. The van der Waals surface area contributed by atoms with Crippen LogP contribution in [0, 0.1) is 5.92 Å². The minimum absolute atomic E-state index is 0. The van der Waals surface area contributed by atoms with Crippen molar-refractivity contribution in [1.29, 1.82) is 0 Å². The average Bonchev–Trinajstić information content (AvgIpc) is 3.28. The first-order valence-electron chi connectivity index (χ1n) is 8.92. The van der Waals surface area contributed by atoms with E-state index in [-0.39, 0.29) is 35.3 Å². The van der Waals surface area contributed by atoms with Crippen molar-refractivity contribution in [1.82, 2.24) is 10.6 Å². The molecule has 0 bridgehead atoms. The maximum atomic E-state index is 11.6. The van der Waals surface area contributed by atoms with Gasteiger partial charge in [-0.3, -0.25) is 4.99 Å². The van der Waals surface area contributed by atoms with Crippen molar-refractivity contribution < 1.29 is 8.42 Å². The van der Waals surface area contributed by atoms with Crippen molar-refractivity contribution in [2.75, 3.05) is 31.1 Å². The number of nitrogens with one attached hydrogen (secondary N) is 2. The van der Waals surface area contributed by atoms with Gasteiger partial charge in [-0.1, -0.05) is 34.1 Å². The molecular formula is C18H27BrIN3O2S. The Bertz CT molecular complexity index is 751. The summed E-state index contributed by atoms with van der Waals surface area (Å²) in [5.74, 6) is 1.58. The van der Waals surface area contributed by atoms with Gasteiger partial charge >= 0.3 is 0 Å². The highest BCUT2D eigenvalue weighted by Crippen LogP contribution is 2.50. The van der Waals surface area contributed by atoms with Crippen LogP contribution in [-0.4, -0.2) is 45.5 Å². The minimum atomic E-state index is -2.83. The topological polar surface area (TPSA) is 70.6 Å². The van der Waals surface area contributed by atoms with Gasteiger partial charge in [0, 0.05) is 23.0 Å². The number of nitrogens with zero attached hydrogens (tertiary/aromatic N) is 1. The van der Waals surface area contributed by atoms with Crippen LogP contribution in [0.25, 0.3) is 0 Å². The second kappa shape index (κ2) is 9.23. The van der Waals surface area contributed by atoms with Crippen molar-refractivity contribution in [3.63, 3.8) is 0 Å². The van der Waals surface area contributed by atoms with Crippen LogP contribution in [0.5, 0.6) is 0 Å². The average molecular weight is 556 g/mol. The molecule has 1 atom stereocenters. The third kappa shape index (κ3) is 5.58. The fourth-order valence-corrected chi connectivity index (χ4v) is 5.97. The summed E-state index contributed by atoms with van der Waals surface area (Å²) < 4.78 is 24.3. The van der Waals surface area contributed by atoms with Gasteiger partial charge < -0.3 is 10.6 Å². The lowest BCUT2D eigenvalue weighted by Crippen LogP contribution is -2.40. The Morgan fingerprint density at radius 3 is 2.62 bits per heavy atom. The molecule has 1 saturated carbocycles. The molecule has 0 amide bonds. The summed E-state index contributed by atoms with van der Waals surface area (Å²) in [6.07, 6.45) is 3.05. The molecule has 1 aliphatic carbocycles. The Hall–Kier alpha value is -0.350. The van der Waals surface area contributed by atoms with E-state index in [1.165, 1.54) is 5.56 Å².